The van der Waals surface area contributed by atoms with E-state index in [1.807, 2.05) is 13.0 Å². The van der Waals surface area contributed by atoms with Crippen LogP contribution in [0.15, 0.2) is 0 Å². The van der Waals surface area contributed by atoms with Crippen LogP contribution in [0.1, 0.15) is 19.8 Å². The van der Waals surface area contributed by atoms with Gasteiger partial charge in [0.15, 0.2) is 0 Å². The van der Waals surface area contributed by atoms with E-state index in [9.17, 15) is 9.59 Å². The fourth-order valence-electron chi connectivity index (χ4n) is 1.58. The van der Waals surface area contributed by atoms with Crippen LogP contribution in [0.3, 0.4) is 0 Å². The summed E-state index contributed by atoms with van der Waals surface area (Å²) in [5.74, 6) is -1.89. The molecular weight excluding hydrogens is 196 g/mol. The number of amides is 1. The molecular formula is C10H14N2O3. The van der Waals surface area contributed by atoms with E-state index in [1.54, 1.807) is 4.90 Å². The standard InChI is InChI=1S/C10H14N2O3/c1-2-12(5-3-4-11)9(13)7-6-8(7)10(14)15/h7-8H,2-3,5-6H2,1H3,(H,14,15). The maximum atomic E-state index is 11.7. The first kappa shape index (κ1) is 11.5. The molecule has 0 bridgehead atoms. The lowest BCUT2D eigenvalue weighted by Crippen LogP contribution is -2.33. The second-order valence-electron chi connectivity index (χ2n) is 3.61. The summed E-state index contributed by atoms with van der Waals surface area (Å²) in [6.45, 7) is 2.76. The third-order valence-corrected chi connectivity index (χ3v) is 2.61. The lowest BCUT2D eigenvalue weighted by Gasteiger charge is -2.19. The van der Waals surface area contributed by atoms with Crippen molar-refractivity contribution in [2.45, 2.75) is 19.8 Å². The van der Waals surface area contributed by atoms with Crippen LogP contribution >= 0.6 is 0 Å². The Kier molecular flexibility index (Phi) is 3.67. The average molecular weight is 210 g/mol. The summed E-state index contributed by atoms with van der Waals surface area (Å²) in [4.78, 5) is 23.8. The third kappa shape index (κ3) is 2.69. The molecule has 2 unspecified atom stereocenters. The van der Waals surface area contributed by atoms with Crippen molar-refractivity contribution in [1.82, 2.24) is 4.90 Å². The van der Waals surface area contributed by atoms with Gasteiger partial charge >= 0.3 is 5.97 Å². The Hall–Kier alpha value is -1.57. The van der Waals surface area contributed by atoms with Gasteiger partial charge in [-0.05, 0) is 13.3 Å². The number of aliphatic carboxylic acids is 1. The lowest BCUT2D eigenvalue weighted by molar-refractivity contribution is -0.141. The van der Waals surface area contributed by atoms with Gasteiger partial charge in [0.25, 0.3) is 0 Å². The van der Waals surface area contributed by atoms with Gasteiger partial charge in [-0.15, -0.1) is 0 Å². The van der Waals surface area contributed by atoms with Crippen molar-refractivity contribution in [3.8, 4) is 6.07 Å². The molecule has 1 rings (SSSR count). The van der Waals surface area contributed by atoms with Crippen molar-refractivity contribution < 1.29 is 14.7 Å². The topological polar surface area (TPSA) is 81.4 Å². The van der Waals surface area contributed by atoms with E-state index in [1.165, 1.54) is 0 Å². The van der Waals surface area contributed by atoms with Crippen molar-refractivity contribution in [1.29, 1.82) is 5.26 Å². The van der Waals surface area contributed by atoms with Gasteiger partial charge in [0.2, 0.25) is 5.91 Å². The van der Waals surface area contributed by atoms with Crippen molar-refractivity contribution in [2.75, 3.05) is 13.1 Å². The molecule has 5 heteroatoms. The predicted molar refractivity (Wildman–Crippen MR) is 51.7 cm³/mol. The van der Waals surface area contributed by atoms with E-state index in [4.69, 9.17) is 10.4 Å². The Morgan fingerprint density at radius 2 is 2.20 bits per heavy atom. The predicted octanol–water partition coefficient (Wildman–Crippen LogP) is 0.469. The normalized spacial score (nSPS) is 22.9. The average Bonchev–Trinajstić information content (AvgIpc) is 2.98. The van der Waals surface area contributed by atoms with Crippen molar-refractivity contribution in [2.24, 2.45) is 11.8 Å². The van der Waals surface area contributed by atoms with E-state index >= 15 is 0 Å². The summed E-state index contributed by atoms with van der Waals surface area (Å²) in [5, 5.41) is 17.1. The van der Waals surface area contributed by atoms with Crippen LogP contribution in [0.4, 0.5) is 0 Å². The molecule has 1 fully saturated rings. The minimum absolute atomic E-state index is 0.125. The molecule has 82 valence electrons. The summed E-state index contributed by atoms with van der Waals surface area (Å²) < 4.78 is 0. The second-order valence-corrected chi connectivity index (χ2v) is 3.61. The first-order valence-electron chi connectivity index (χ1n) is 5.00. The highest BCUT2D eigenvalue weighted by Gasteiger charge is 2.49. The molecule has 5 nitrogen and oxygen atoms in total. The van der Waals surface area contributed by atoms with E-state index < -0.39 is 11.9 Å². The largest absolute Gasteiger partial charge is 0.481 e. The minimum Gasteiger partial charge on any atom is -0.481 e. The fraction of sp³-hybridized carbons (Fsp3) is 0.700. The Bertz CT molecular complexity index is 308. The monoisotopic (exact) mass is 210 g/mol. The number of carbonyl (C=O) groups excluding carboxylic acids is 1. The summed E-state index contributed by atoms with van der Waals surface area (Å²) in [6, 6.07) is 1.97. The summed E-state index contributed by atoms with van der Waals surface area (Å²) in [7, 11) is 0. The van der Waals surface area contributed by atoms with Crippen LogP contribution in [-0.2, 0) is 9.59 Å². The van der Waals surface area contributed by atoms with Gasteiger partial charge in [-0.2, -0.15) is 5.26 Å². The molecule has 0 saturated heterocycles. The zero-order valence-electron chi connectivity index (χ0n) is 8.64. The van der Waals surface area contributed by atoms with E-state index in [0.29, 0.717) is 25.9 Å². The van der Waals surface area contributed by atoms with Crippen molar-refractivity contribution in [3.63, 3.8) is 0 Å². The Morgan fingerprint density at radius 1 is 1.53 bits per heavy atom. The van der Waals surface area contributed by atoms with Gasteiger partial charge in [-0.3, -0.25) is 9.59 Å². The molecule has 1 amide bonds. The van der Waals surface area contributed by atoms with Crippen molar-refractivity contribution in [3.05, 3.63) is 0 Å². The number of carboxylic acids is 1. The molecule has 0 aromatic heterocycles. The van der Waals surface area contributed by atoms with Gasteiger partial charge in [-0.1, -0.05) is 0 Å². The highest BCUT2D eigenvalue weighted by atomic mass is 16.4. The molecule has 0 aliphatic heterocycles. The number of rotatable bonds is 5. The molecule has 15 heavy (non-hydrogen) atoms. The molecule has 0 aromatic carbocycles. The van der Waals surface area contributed by atoms with E-state index in [-0.39, 0.29) is 11.8 Å². The number of nitrogens with zero attached hydrogens (tertiary/aromatic N) is 2. The first-order chi connectivity index (χ1) is 7.11. The molecule has 1 saturated carbocycles. The van der Waals surface area contributed by atoms with Gasteiger partial charge in [-0.25, -0.2) is 0 Å². The highest BCUT2D eigenvalue weighted by Crippen LogP contribution is 2.40. The van der Waals surface area contributed by atoms with Gasteiger partial charge < -0.3 is 10.0 Å². The fourth-order valence-corrected chi connectivity index (χ4v) is 1.58. The van der Waals surface area contributed by atoms with Crippen LogP contribution in [-0.4, -0.2) is 35.0 Å². The molecule has 0 spiro atoms. The lowest BCUT2D eigenvalue weighted by atomic mass is 10.2. The Morgan fingerprint density at radius 3 is 2.60 bits per heavy atom. The molecule has 0 aromatic rings. The summed E-state index contributed by atoms with van der Waals surface area (Å²) in [5.41, 5.74) is 0. The van der Waals surface area contributed by atoms with Crippen LogP contribution in [0.5, 0.6) is 0 Å². The molecule has 1 aliphatic carbocycles. The van der Waals surface area contributed by atoms with Gasteiger partial charge in [0, 0.05) is 13.1 Å². The van der Waals surface area contributed by atoms with Crippen molar-refractivity contribution >= 4 is 11.9 Å². The summed E-state index contributed by atoms with van der Waals surface area (Å²) in [6.07, 6.45) is 0.737. The molecule has 0 heterocycles. The first-order valence-corrected chi connectivity index (χ1v) is 5.00. The smallest absolute Gasteiger partial charge is 0.307 e. The number of hydrogen-bond acceptors (Lipinski definition) is 3. The zero-order valence-corrected chi connectivity index (χ0v) is 8.64. The van der Waals surface area contributed by atoms with Crippen LogP contribution in [0.2, 0.25) is 0 Å². The Balaban J connectivity index is 2.46. The Labute approximate surface area is 88.3 Å². The zero-order chi connectivity index (χ0) is 11.4. The van der Waals surface area contributed by atoms with Crippen LogP contribution < -0.4 is 0 Å². The van der Waals surface area contributed by atoms with Crippen LogP contribution in [0, 0.1) is 23.2 Å². The molecule has 0 radical (unpaired) electrons. The summed E-state index contributed by atoms with van der Waals surface area (Å²) >= 11 is 0. The minimum atomic E-state index is -0.898. The number of carbonyl (C=O) groups is 2. The second kappa shape index (κ2) is 4.78. The SMILES string of the molecule is CCN(CCC#N)C(=O)C1CC1C(=O)O. The highest BCUT2D eigenvalue weighted by molar-refractivity contribution is 5.89. The third-order valence-electron chi connectivity index (χ3n) is 2.61. The van der Waals surface area contributed by atoms with E-state index in [0.717, 1.165) is 0 Å². The van der Waals surface area contributed by atoms with Gasteiger partial charge in [0.1, 0.15) is 0 Å². The number of nitriles is 1. The van der Waals surface area contributed by atoms with E-state index in [2.05, 4.69) is 0 Å². The quantitative estimate of drug-likeness (QED) is 0.715. The molecule has 2 atom stereocenters. The number of hydrogen-bond donors (Lipinski definition) is 1. The maximum Gasteiger partial charge on any atom is 0.307 e. The van der Waals surface area contributed by atoms with Crippen LogP contribution in [0.25, 0.3) is 0 Å². The van der Waals surface area contributed by atoms with Gasteiger partial charge in [0.05, 0.1) is 24.3 Å². The molecule has 1 N–H and O–H groups in total. The molecule has 1 aliphatic rings. The maximum absolute atomic E-state index is 11.7. The number of carboxylic acid groups (broad SMARTS) is 1.